The molecule has 1 heterocycles. The fourth-order valence-electron chi connectivity index (χ4n) is 3.49. The molecule has 2 aromatic carbocycles. The van der Waals surface area contributed by atoms with Crippen LogP contribution in [0.15, 0.2) is 60.8 Å². The van der Waals surface area contributed by atoms with Crippen LogP contribution in [0.5, 0.6) is 0 Å². The van der Waals surface area contributed by atoms with Crippen molar-refractivity contribution in [1.82, 2.24) is 10.3 Å². The molecule has 2 N–H and O–H groups in total. The van der Waals surface area contributed by atoms with Gasteiger partial charge in [-0.1, -0.05) is 48.5 Å². The summed E-state index contributed by atoms with van der Waals surface area (Å²) in [6.07, 6.45) is 4.67. The molecule has 0 bridgehead atoms. The number of hydrogen-bond acceptors (Lipinski definition) is 3. The first-order chi connectivity index (χ1) is 13.2. The predicted octanol–water partition coefficient (Wildman–Crippen LogP) is 4.77. The average Bonchev–Trinajstić information content (AvgIpc) is 3.11. The molecule has 4 nitrogen and oxygen atoms in total. The second kappa shape index (κ2) is 9.38. The van der Waals surface area contributed by atoms with Crippen molar-refractivity contribution < 1.29 is 9.53 Å². The van der Waals surface area contributed by atoms with Crippen LogP contribution < -0.4 is 5.32 Å². The summed E-state index contributed by atoms with van der Waals surface area (Å²) in [6, 6.07) is 18.3. The number of rotatable bonds is 9. The van der Waals surface area contributed by atoms with Gasteiger partial charge in [0.25, 0.3) is 0 Å². The van der Waals surface area contributed by atoms with Crippen molar-refractivity contribution in [1.29, 1.82) is 0 Å². The van der Waals surface area contributed by atoms with Crippen molar-refractivity contribution in [2.24, 2.45) is 0 Å². The molecular weight excluding hydrogens is 336 g/mol. The maximum absolute atomic E-state index is 12.4. The molecule has 0 fully saturated rings. The minimum atomic E-state index is -0.301. The van der Waals surface area contributed by atoms with Crippen molar-refractivity contribution in [3.05, 3.63) is 71.9 Å². The number of nitrogens with one attached hydrogen (secondary N) is 2. The summed E-state index contributed by atoms with van der Waals surface area (Å²) in [5.74, 6) is -0.167. The zero-order valence-corrected chi connectivity index (χ0v) is 16.1. The summed E-state index contributed by atoms with van der Waals surface area (Å²) in [7, 11) is 0. The minimum absolute atomic E-state index is 0.0914. The van der Waals surface area contributed by atoms with E-state index in [1.54, 1.807) is 0 Å². The van der Waals surface area contributed by atoms with Gasteiger partial charge in [-0.05, 0) is 50.3 Å². The lowest BCUT2D eigenvalue weighted by Crippen LogP contribution is -2.39. The van der Waals surface area contributed by atoms with E-state index in [1.807, 2.05) is 31.2 Å². The Morgan fingerprint density at radius 2 is 1.85 bits per heavy atom. The van der Waals surface area contributed by atoms with Gasteiger partial charge in [0, 0.05) is 23.1 Å². The minimum Gasteiger partial charge on any atom is -0.465 e. The maximum Gasteiger partial charge on any atom is 0.323 e. The quantitative estimate of drug-likeness (QED) is 0.538. The van der Waals surface area contributed by atoms with Crippen LogP contribution in [0.1, 0.15) is 43.9 Å². The number of hydrogen-bond donors (Lipinski definition) is 2. The highest BCUT2D eigenvalue weighted by atomic mass is 16.5. The molecule has 0 saturated carbocycles. The SMILES string of the molecule is CCOC(=O)[C@H](CCCc1c[nH]c2ccccc12)N[C@@H](C)c1ccccc1. The molecule has 3 aromatic rings. The van der Waals surface area contributed by atoms with Crippen LogP contribution in [-0.2, 0) is 16.0 Å². The lowest BCUT2D eigenvalue weighted by Gasteiger charge is -2.22. The third kappa shape index (κ3) is 4.98. The molecule has 0 aliphatic carbocycles. The van der Waals surface area contributed by atoms with Crippen molar-refractivity contribution in [2.45, 2.75) is 45.2 Å². The fourth-order valence-corrected chi connectivity index (χ4v) is 3.49. The Kier molecular flexibility index (Phi) is 6.66. The van der Waals surface area contributed by atoms with Crippen molar-refractivity contribution in [2.75, 3.05) is 6.61 Å². The number of carbonyl (C=O) groups is 1. The second-order valence-electron chi connectivity index (χ2n) is 6.86. The van der Waals surface area contributed by atoms with Gasteiger partial charge in [0.1, 0.15) is 6.04 Å². The molecule has 0 spiro atoms. The lowest BCUT2D eigenvalue weighted by atomic mass is 10.0. The Bertz CT molecular complexity index is 857. The van der Waals surface area contributed by atoms with E-state index in [4.69, 9.17) is 4.74 Å². The van der Waals surface area contributed by atoms with Gasteiger partial charge in [-0.2, -0.15) is 0 Å². The van der Waals surface area contributed by atoms with E-state index >= 15 is 0 Å². The highest BCUT2D eigenvalue weighted by Gasteiger charge is 2.22. The van der Waals surface area contributed by atoms with Gasteiger partial charge < -0.3 is 9.72 Å². The van der Waals surface area contributed by atoms with Crippen LogP contribution in [0.25, 0.3) is 10.9 Å². The first-order valence-corrected chi connectivity index (χ1v) is 9.71. The normalized spacial score (nSPS) is 13.4. The van der Waals surface area contributed by atoms with Gasteiger partial charge in [-0.15, -0.1) is 0 Å². The largest absolute Gasteiger partial charge is 0.465 e. The Morgan fingerprint density at radius 1 is 1.11 bits per heavy atom. The Morgan fingerprint density at radius 3 is 2.63 bits per heavy atom. The second-order valence-corrected chi connectivity index (χ2v) is 6.86. The topological polar surface area (TPSA) is 54.1 Å². The number of aromatic amines is 1. The Hall–Kier alpha value is -2.59. The number of ether oxygens (including phenoxy) is 1. The van der Waals surface area contributed by atoms with Crippen molar-refractivity contribution in [3.8, 4) is 0 Å². The Labute approximate surface area is 160 Å². The van der Waals surface area contributed by atoms with Crippen molar-refractivity contribution >= 4 is 16.9 Å². The first-order valence-electron chi connectivity index (χ1n) is 9.71. The number of aromatic nitrogens is 1. The summed E-state index contributed by atoms with van der Waals surface area (Å²) in [6.45, 7) is 4.34. The van der Waals surface area contributed by atoms with Gasteiger partial charge >= 0.3 is 5.97 Å². The highest BCUT2D eigenvalue weighted by molar-refractivity contribution is 5.83. The maximum atomic E-state index is 12.4. The summed E-state index contributed by atoms with van der Waals surface area (Å²) in [4.78, 5) is 15.7. The molecule has 0 aliphatic rings. The highest BCUT2D eigenvalue weighted by Crippen LogP contribution is 2.20. The van der Waals surface area contributed by atoms with Crippen LogP contribution in [0, 0.1) is 0 Å². The van der Waals surface area contributed by atoms with Gasteiger partial charge in [0.05, 0.1) is 6.61 Å². The van der Waals surface area contributed by atoms with E-state index in [2.05, 4.69) is 53.8 Å². The average molecular weight is 364 g/mol. The number of aryl methyl sites for hydroxylation is 1. The van der Waals surface area contributed by atoms with E-state index in [-0.39, 0.29) is 18.1 Å². The molecular formula is C23H28N2O2. The number of fused-ring (bicyclic) bond motifs is 1. The standard InChI is InChI=1S/C23H28N2O2/c1-3-27-23(26)22(25-17(2)18-10-5-4-6-11-18)15-9-12-19-16-24-21-14-8-7-13-20(19)21/h4-8,10-11,13-14,16-17,22,24-25H,3,9,12,15H2,1-2H3/t17-,22-/m0/s1. The van der Waals surface area contributed by atoms with Gasteiger partial charge in [-0.25, -0.2) is 0 Å². The molecule has 1 aromatic heterocycles. The number of esters is 1. The number of benzene rings is 2. The van der Waals surface area contributed by atoms with Crippen LogP contribution >= 0.6 is 0 Å². The molecule has 2 atom stereocenters. The molecule has 0 radical (unpaired) electrons. The van der Waals surface area contributed by atoms with Crippen LogP contribution in [0.3, 0.4) is 0 Å². The molecule has 27 heavy (non-hydrogen) atoms. The summed E-state index contributed by atoms with van der Waals surface area (Å²) >= 11 is 0. The zero-order chi connectivity index (χ0) is 19.1. The van der Waals surface area contributed by atoms with E-state index in [0.29, 0.717) is 6.61 Å². The molecule has 3 rings (SSSR count). The first kappa shape index (κ1) is 19.2. The lowest BCUT2D eigenvalue weighted by molar-refractivity contribution is -0.146. The molecule has 0 unspecified atom stereocenters. The van der Waals surface area contributed by atoms with Gasteiger partial charge in [0.2, 0.25) is 0 Å². The summed E-state index contributed by atoms with van der Waals surface area (Å²) in [5.41, 5.74) is 3.62. The third-order valence-corrected chi connectivity index (χ3v) is 4.94. The van der Waals surface area contributed by atoms with Crippen LogP contribution in [0.2, 0.25) is 0 Å². The van der Waals surface area contributed by atoms with E-state index in [1.165, 1.54) is 16.5 Å². The van der Waals surface area contributed by atoms with Crippen molar-refractivity contribution in [3.63, 3.8) is 0 Å². The number of carbonyl (C=O) groups excluding carboxylic acids is 1. The molecule has 0 aliphatic heterocycles. The van der Waals surface area contributed by atoms with E-state index in [9.17, 15) is 4.79 Å². The predicted molar refractivity (Wildman–Crippen MR) is 110 cm³/mol. The molecule has 4 heteroatoms. The fraction of sp³-hybridized carbons (Fsp3) is 0.348. The summed E-state index contributed by atoms with van der Waals surface area (Å²) < 4.78 is 5.29. The number of para-hydroxylation sites is 1. The molecule has 142 valence electrons. The van der Waals surface area contributed by atoms with Crippen LogP contribution in [0.4, 0.5) is 0 Å². The summed E-state index contributed by atoms with van der Waals surface area (Å²) in [5, 5.41) is 4.71. The molecule has 0 saturated heterocycles. The zero-order valence-electron chi connectivity index (χ0n) is 16.1. The monoisotopic (exact) mass is 364 g/mol. The van der Waals surface area contributed by atoms with E-state index in [0.717, 1.165) is 24.8 Å². The van der Waals surface area contributed by atoms with E-state index < -0.39 is 0 Å². The smallest absolute Gasteiger partial charge is 0.323 e. The molecule has 0 amide bonds. The third-order valence-electron chi connectivity index (χ3n) is 4.94. The van der Waals surface area contributed by atoms with Gasteiger partial charge in [0.15, 0.2) is 0 Å². The van der Waals surface area contributed by atoms with Gasteiger partial charge in [-0.3, -0.25) is 10.1 Å². The van der Waals surface area contributed by atoms with Crippen LogP contribution in [-0.4, -0.2) is 23.6 Å². The number of H-pyrrole nitrogens is 1. The Balaban J connectivity index is 1.62.